The van der Waals surface area contributed by atoms with Gasteiger partial charge in [-0.1, -0.05) is 18.2 Å². The fourth-order valence-electron chi connectivity index (χ4n) is 2.54. The second-order valence-electron chi connectivity index (χ2n) is 6.26. The summed E-state index contributed by atoms with van der Waals surface area (Å²) in [7, 11) is -0.798. The molecule has 1 saturated heterocycles. The fourth-order valence-corrected chi connectivity index (χ4v) is 3.41. The first-order chi connectivity index (χ1) is 11.7. The number of carbonyl (C=O) groups is 1. The number of aliphatic hydroxyl groups excluding tert-OH is 1. The van der Waals surface area contributed by atoms with Crippen LogP contribution < -0.4 is 9.46 Å². The summed E-state index contributed by atoms with van der Waals surface area (Å²) in [6.45, 7) is 2.20. The molecular formula is C16H25N3O5S. The minimum atomic E-state index is -3.62. The minimum absolute atomic E-state index is 0.0661. The van der Waals surface area contributed by atoms with E-state index in [9.17, 15) is 18.3 Å². The Labute approximate surface area is 148 Å². The molecule has 0 saturated carbocycles. The van der Waals surface area contributed by atoms with Crippen LogP contribution in [0.4, 0.5) is 0 Å². The zero-order valence-corrected chi connectivity index (χ0v) is 15.5. The summed E-state index contributed by atoms with van der Waals surface area (Å²) in [5.74, 6) is 0.404. The molecular weight excluding hydrogens is 346 g/mol. The highest BCUT2D eigenvalue weighted by atomic mass is 32.2. The molecule has 8 nitrogen and oxygen atoms in total. The van der Waals surface area contributed by atoms with Gasteiger partial charge in [0.15, 0.2) is 6.61 Å². The molecule has 1 aliphatic heterocycles. The molecule has 1 fully saturated rings. The van der Waals surface area contributed by atoms with Crippen molar-refractivity contribution >= 4 is 16.1 Å². The van der Waals surface area contributed by atoms with Crippen molar-refractivity contribution in [3.05, 3.63) is 29.8 Å². The summed E-state index contributed by atoms with van der Waals surface area (Å²) in [4.78, 5) is 13.8. The van der Waals surface area contributed by atoms with Crippen LogP contribution in [0.3, 0.4) is 0 Å². The third kappa shape index (κ3) is 5.15. The molecule has 9 heteroatoms. The maximum absolute atomic E-state index is 12.3. The normalized spacial score (nSPS) is 21.4. The standard InChI is InChI=1S/C16H25N3O5S/c1-12-6-4-5-7-15(12)24-11-16(21)19-9-8-13(14(20)10-19)17-25(22,23)18(2)3/h4-7,13-14,17,20H,8-11H2,1-3H3/t13-,14-/m1/s1. The molecule has 1 heterocycles. The Morgan fingerprint density at radius 2 is 2.08 bits per heavy atom. The van der Waals surface area contributed by atoms with Crippen LogP contribution in [-0.2, 0) is 15.0 Å². The molecule has 2 rings (SSSR count). The minimum Gasteiger partial charge on any atom is -0.484 e. The lowest BCUT2D eigenvalue weighted by Gasteiger charge is -2.36. The number of ether oxygens (including phenoxy) is 1. The quantitative estimate of drug-likeness (QED) is 0.717. The van der Waals surface area contributed by atoms with Crippen molar-refractivity contribution in [1.29, 1.82) is 0 Å². The van der Waals surface area contributed by atoms with Crippen molar-refractivity contribution in [2.45, 2.75) is 25.5 Å². The Morgan fingerprint density at radius 1 is 1.40 bits per heavy atom. The van der Waals surface area contributed by atoms with Gasteiger partial charge in [-0.15, -0.1) is 0 Å². The SMILES string of the molecule is Cc1ccccc1OCC(=O)N1CC[C@@H](NS(=O)(=O)N(C)C)[C@H](O)C1. The third-order valence-corrected chi connectivity index (χ3v) is 5.72. The lowest BCUT2D eigenvalue weighted by Crippen LogP contribution is -2.57. The van der Waals surface area contributed by atoms with Crippen LogP contribution in [-0.4, -0.2) is 74.6 Å². The van der Waals surface area contributed by atoms with E-state index < -0.39 is 22.4 Å². The molecule has 1 aromatic rings. The van der Waals surface area contributed by atoms with E-state index in [2.05, 4.69) is 4.72 Å². The van der Waals surface area contributed by atoms with Crippen molar-refractivity contribution in [3.8, 4) is 5.75 Å². The number of aryl methyl sites for hydroxylation is 1. The molecule has 0 aromatic heterocycles. The number of rotatable bonds is 6. The zero-order valence-electron chi connectivity index (χ0n) is 14.7. The number of carbonyl (C=O) groups excluding carboxylic acids is 1. The number of nitrogens with one attached hydrogen (secondary N) is 1. The predicted molar refractivity (Wildman–Crippen MR) is 93.4 cm³/mol. The Bertz CT molecular complexity index is 707. The molecule has 0 spiro atoms. The number of para-hydroxylation sites is 1. The summed E-state index contributed by atoms with van der Waals surface area (Å²) in [5, 5.41) is 10.2. The van der Waals surface area contributed by atoms with Gasteiger partial charge in [0, 0.05) is 27.2 Å². The van der Waals surface area contributed by atoms with E-state index in [0.29, 0.717) is 18.7 Å². The second-order valence-corrected chi connectivity index (χ2v) is 8.18. The van der Waals surface area contributed by atoms with Gasteiger partial charge in [0.05, 0.1) is 12.1 Å². The molecule has 0 bridgehead atoms. The molecule has 0 aliphatic carbocycles. The maximum Gasteiger partial charge on any atom is 0.279 e. The maximum atomic E-state index is 12.3. The van der Waals surface area contributed by atoms with Crippen molar-refractivity contribution in [2.75, 3.05) is 33.8 Å². The molecule has 1 amide bonds. The molecule has 0 unspecified atom stereocenters. The summed E-state index contributed by atoms with van der Waals surface area (Å²) in [5.41, 5.74) is 0.937. The summed E-state index contributed by atoms with van der Waals surface area (Å²) < 4.78 is 32.7. The van der Waals surface area contributed by atoms with Gasteiger partial charge >= 0.3 is 0 Å². The van der Waals surface area contributed by atoms with Crippen molar-refractivity contribution < 1.29 is 23.1 Å². The summed E-state index contributed by atoms with van der Waals surface area (Å²) in [6, 6.07) is 6.79. The van der Waals surface area contributed by atoms with Gasteiger partial charge < -0.3 is 14.7 Å². The Morgan fingerprint density at radius 3 is 2.68 bits per heavy atom. The van der Waals surface area contributed by atoms with E-state index in [0.717, 1.165) is 9.87 Å². The number of benzene rings is 1. The van der Waals surface area contributed by atoms with Crippen LogP contribution in [0.25, 0.3) is 0 Å². The van der Waals surface area contributed by atoms with Crippen LogP contribution in [0.2, 0.25) is 0 Å². The largest absolute Gasteiger partial charge is 0.484 e. The lowest BCUT2D eigenvalue weighted by atomic mass is 10.0. The Kier molecular flexibility index (Phi) is 6.39. The number of likely N-dealkylation sites (tertiary alicyclic amines) is 1. The lowest BCUT2D eigenvalue weighted by molar-refractivity contribution is -0.136. The molecule has 2 N–H and O–H groups in total. The number of aliphatic hydroxyl groups is 1. The Hall–Kier alpha value is -1.68. The molecule has 1 aliphatic rings. The van der Waals surface area contributed by atoms with E-state index in [-0.39, 0.29) is 19.1 Å². The van der Waals surface area contributed by atoms with Gasteiger partial charge in [0.1, 0.15) is 5.75 Å². The average molecular weight is 371 g/mol. The van der Waals surface area contributed by atoms with Gasteiger partial charge in [0.25, 0.3) is 16.1 Å². The van der Waals surface area contributed by atoms with E-state index in [1.54, 1.807) is 6.07 Å². The molecule has 25 heavy (non-hydrogen) atoms. The third-order valence-electron chi connectivity index (χ3n) is 4.16. The molecule has 0 radical (unpaired) electrons. The molecule has 2 atom stereocenters. The topological polar surface area (TPSA) is 99.2 Å². The first kappa shape index (κ1) is 19.6. The first-order valence-corrected chi connectivity index (χ1v) is 9.49. The predicted octanol–water partition coefficient (Wildman–Crippen LogP) is -0.268. The van der Waals surface area contributed by atoms with Gasteiger partial charge in [-0.2, -0.15) is 17.4 Å². The van der Waals surface area contributed by atoms with Crippen LogP contribution in [0.5, 0.6) is 5.75 Å². The monoisotopic (exact) mass is 371 g/mol. The van der Waals surface area contributed by atoms with Crippen molar-refractivity contribution in [1.82, 2.24) is 13.9 Å². The van der Waals surface area contributed by atoms with Gasteiger partial charge in [-0.3, -0.25) is 4.79 Å². The van der Waals surface area contributed by atoms with E-state index >= 15 is 0 Å². The zero-order chi connectivity index (χ0) is 18.6. The number of amides is 1. The second kappa shape index (κ2) is 8.13. The van der Waals surface area contributed by atoms with Crippen LogP contribution >= 0.6 is 0 Å². The van der Waals surface area contributed by atoms with Crippen LogP contribution in [0.15, 0.2) is 24.3 Å². The highest BCUT2D eigenvalue weighted by Crippen LogP contribution is 2.17. The van der Waals surface area contributed by atoms with Gasteiger partial charge in [-0.25, -0.2) is 0 Å². The van der Waals surface area contributed by atoms with Gasteiger partial charge in [0.2, 0.25) is 0 Å². The molecule has 1 aromatic carbocycles. The Balaban J connectivity index is 1.87. The number of hydrogen-bond donors (Lipinski definition) is 2. The summed E-state index contributed by atoms with van der Waals surface area (Å²) >= 11 is 0. The number of β-amino-alcohol motifs (C(OH)–C–C–N with tert-alkyl or cyclic N) is 1. The highest BCUT2D eigenvalue weighted by molar-refractivity contribution is 7.87. The average Bonchev–Trinajstić information content (AvgIpc) is 2.55. The van der Waals surface area contributed by atoms with Crippen LogP contribution in [0.1, 0.15) is 12.0 Å². The smallest absolute Gasteiger partial charge is 0.279 e. The first-order valence-electron chi connectivity index (χ1n) is 8.05. The highest BCUT2D eigenvalue weighted by Gasteiger charge is 2.33. The van der Waals surface area contributed by atoms with Crippen molar-refractivity contribution in [3.63, 3.8) is 0 Å². The summed E-state index contributed by atoms with van der Waals surface area (Å²) in [6.07, 6.45) is -0.629. The molecule has 140 valence electrons. The fraction of sp³-hybridized carbons (Fsp3) is 0.562. The van der Waals surface area contributed by atoms with Crippen molar-refractivity contribution in [2.24, 2.45) is 0 Å². The number of nitrogens with zero attached hydrogens (tertiary/aromatic N) is 2. The van der Waals surface area contributed by atoms with Crippen LogP contribution in [0, 0.1) is 6.92 Å². The number of hydrogen-bond acceptors (Lipinski definition) is 5. The van der Waals surface area contributed by atoms with E-state index in [1.807, 2.05) is 25.1 Å². The van der Waals surface area contributed by atoms with E-state index in [4.69, 9.17) is 4.74 Å². The number of piperidine rings is 1. The van der Waals surface area contributed by atoms with E-state index in [1.165, 1.54) is 19.0 Å². The van der Waals surface area contributed by atoms with Gasteiger partial charge in [-0.05, 0) is 25.0 Å².